The Morgan fingerprint density at radius 3 is 0.500 bits per heavy atom. The van der Waals surface area contributed by atoms with Crippen LogP contribution in [0, 0.1) is 47.3 Å². The summed E-state index contributed by atoms with van der Waals surface area (Å²) >= 11 is 0. The SMILES string of the molecule is C.C.C.C.CC(C)C.CC(C)CC(C)C.CC(C)CC(C)F.CC(C)CC(C)F.CCC.CCC(C)C.CCC(C)C.CCCC(C)C. The molecule has 0 aliphatic heterocycles. The molecule has 0 aromatic heterocycles. The van der Waals surface area contributed by atoms with Crippen LogP contribution in [0.25, 0.3) is 0 Å². The highest BCUT2D eigenvalue weighted by atomic mass is 19.1. The van der Waals surface area contributed by atoms with Gasteiger partial charge in [-0.25, -0.2) is 8.78 Å². The van der Waals surface area contributed by atoms with E-state index in [1.807, 2.05) is 27.7 Å². The van der Waals surface area contributed by atoms with Crippen molar-refractivity contribution in [1.29, 1.82) is 0 Å². The average molecular weight is 705 g/mol. The zero-order valence-corrected chi connectivity index (χ0v) is 36.2. The van der Waals surface area contributed by atoms with E-state index in [0.29, 0.717) is 24.7 Å². The van der Waals surface area contributed by atoms with E-state index in [1.54, 1.807) is 13.8 Å². The largest absolute Gasteiger partial charge is 0.248 e. The van der Waals surface area contributed by atoms with Crippen molar-refractivity contribution in [2.45, 2.75) is 260 Å². The van der Waals surface area contributed by atoms with E-state index in [0.717, 1.165) is 35.5 Å². The van der Waals surface area contributed by atoms with Crippen LogP contribution in [-0.4, -0.2) is 12.3 Å². The Hall–Kier alpha value is -0.140. The predicted octanol–water partition coefficient (Wildman–Crippen LogP) is 19.6. The molecular weight excluding hydrogens is 591 g/mol. The van der Waals surface area contributed by atoms with E-state index < -0.39 is 12.3 Å². The maximum absolute atomic E-state index is 12.0. The molecule has 0 saturated carbocycles. The number of hydrogen-bond donors (Lipinski definition) is 0. The molecule has 0 nitrogen and oxygen atoms in total. The molecule has 0 spiro atoms. The van der Waals surface area contributed by atoms with Gasteiger partial charge in [0.15, 0.2) is 0 Å². The standard InChI is InChI=1S/C7H16.2C6H13F.C6H14.2C5H12.C4H10.C3H8.4CH4/c1-6(2)5-7(3)4;2*1-5(2)4-6(3)7;1-4-5-6(2)3;2*1-4-5(2)3;1-4(2)3;1-3-2;;;;/h6-7H,5H2,1-4H3;2*5-6H,4H2,1-3H3;6H,4-5H2,1-3H3;2*5H,4H2,1-3H3;4H,1-3H3;3H2,1-2H3;4*1H4. The lowest BCUT2D eigenvalue weighted by atomic mass is 10.0. The molecule has 2 heteroatoms. The molecule has 48 heavy (non-hydrogen) atoms. The van der Waals surface area contributed by atoms with Crippen LogP contribution in [-0.2, 0) is 0 Å². The number of alkyl halides is 2. The molecule has 0 fully saturated rings. The zero-order valence-electron chi connectivity index (χ0n) is 36.2. The second-order valence-electron chi connectivity index (χ2n) is 16.1. The number of rotatable bonds is 10. The summed E-state index contributed by atoms with van der Waals surface area (Å²) in [5, 5.41) is 0. The highest BCUT2D eigenvalue weighted by Crippen LogP contribution is 2.08. The third-order valence-corrected chi connectivity index (χ3v) is 5.03. The van der Waals surface area contributed by atoms with E-state index in [4.69, 9.17) is 0 Å². The minimum atomic E-state index is -0.625. The molecule has 0 aliphatic carbocycles. The molecule has 0 aromatic rings. The normalized spacial score (nSPS) is 10.4. The fraction of sp³-hybridized carbons (Fsp3) is 1.00. The summed E-state index contributed by atoms with van der Waals surface area (Å²) in [5.74, 6) is 6.25. The third-order valence-electron chi connectivity index (χ3n) is 5.03. The Kier molecular flexibility index (Phi) is 117. The molecule has 0 amide bonds. The van der Waals surface area contributed by atoms with Gasteiger partial charge >= 0.3 is 0 Å². The minimum Gasteiger partial charge on any atom is -0.248 e. The van der Waals surface area contributed by atoms with Crippen LogP contribution >= 0.6 is 0 Å². The monoisotopic (exact) mass is 705 g/mol. The van der Waals surface area contributed by atoms with Crippen molar-refractivity contribution in [2.75, 3.05) is 0 Å². The lowest BCUT2D eigenvalue weighted by Crippen LogP contribution is -1.97. The fourth-order valence-corrected chi connectivity index (χ4v) is 2.82. The first kappa shape index (κ1) is 81.7. The lowest BCUT2D eigenvalue weighted by molar-refractivity contribution is 0.306. The second kappa shape index (κ2) is 68.8. The Morgan fingerprint density at radius 1 is 0.333 bits per heavy atom. The van der Waals surface area contributed by atoms with Crippen LogP contribution in [0.2, 0.25) is 0 Å². The molecule has 0 N–H and O–H groups in total. The van der Waals surface area contributed by atoms with Crippen molar-refractivity contribution in [3.05, 3.63) is 0 Å². The summed E-state index contributed by atoms with van der Waals surface area (Å²) in [6.07, 6.45) is 8.07. The number of halogens is 2. The van der Waals surface area contributed by atoms with Crippen LogP contribution in [0.5, 0.6) is 0 Å². The van der Waals surface area contributed by atoms with Gasteiger partial charge in [0.25, 0.3) is 0 Å². The van der Waals surface area contributed by atoms with Crippen molar-refractivity contribution < 1.29 is 8.78 Å². The van der Waals surface area contributed by atoms with E-state index in [-0.39, 0.29) is 29.7 Å². The summed E-state index contributed by atoms with van der Waals surface area (Å²) in [7, 11) is 0. The minimum absolute atomic E-state index is 0. The van der Waals surface area contributed by atoms with Gasteiger partial charge in [-0.3, -0.25) is 0 Å². The van der Waals surface area contributed by atoms with Gasteiger partial charge in [-0.15, -0.1) is 0 Å². The molecule has 0 rings (SSSR count). The van der Waals surface area contributed by atoms with Gasteiger partial charge in [0.2, 0.25) is 0 Å². The van der Waals surface area contributed by atoms with Crippen LogP contribution < -0.4 is 0 Å². The fourth-order valence-electron chi connectivity index (χ4n) is 2.82. The molecular formula is C46H114F2. The van der Waals surface area contributed by atoms with Gasteiger partial charge in [0.1, 0.15) is 0 Å². The van der Waals surface area contributed by atoms with Gasteiger partial charge in [-0.05, 0) is 80.5 Å². The highest BCUT2D eigenvalue weighted by molar-refractivity contribution is 4.51. The Morgan fingerprint density at radius 2 is 0.500 bits per heavy atom. The summed E-state index contributed by atoms with van der Waals surface area (Å²) in [5.41, 5.74) is 0. The van der Waals surface area contributed by atoms with Gasteiger partial charge < -0.3 is 0 Å². The molecule has 0 heterocycles. The quantitative estimate of drug-likeness (QED) is 0.212. The Labute approximate surface area is 315 Å². The summed E-state index contributed by atoms with van der Waals surface area (Å²) in [4.78, 5) is 0. The molecule has 312 valence electrons. The van der Waals surface area contributed by atoms with Crippen molar-refractivity contribution in [3.8, 4) is 0 Å². The number of hydrogen-bond acceptors (Lipinski definition) is 0. The van der Waals surface area contributed by atoms with Crippen LogP contribution in [0.15, 0.2) is 0 Å². The topological polar surface area (TPSA) is 0 Å². The maximum Gasteiger partial charge on any atom is 0.0976 e. The van der Waals surface area contributed by atoms with Crippen LogP contribution in [0.1, 0.15) is 247 Å². The first-order valence-electron chi connectivity index (χ1n) is 19.1. The van der Waals surface area contributed by atoms with Crippen molar-refractivity contribution >= 4 is 0 Å². The molecule has 2 unspecified atom stereocenters. The average Bonchev–Trinajstić information content (AvgIpc) is 2.78. The first-order chi connectivity index (χ1) is 19.8. The maximum atomic E-state index is 12.0. The van der Waals surface area contributed by atoms with Gasteiger partial charge in [-0.2, -0.15) is 0 Å². The molecule has 0 bridgehead atoms. The van der Waals surface area contributed by atoms with E-state index in [2.05, 4.69) is 125 Å². The molecule has 0 saturated heterocycles. The van der Waals surface area contributed by atoms with E-state index in [9.17, 15) is 8.78 Å². The highest BCUT2D eigenvalue weighted by Gasteiger charge is 2.00. The van der Waals surface area contributed by atoms with Gasteiger partial charge in [0.05, 0.1) is 12.3 Å². The third kappa shape index (κ3) is 259. The van der Waals surface area contributed by atoms with Crippen molar-refractivity contribution in [1.82, 2.24) is 0 Å². The summed E-state index contributed by atoms with van der Waals surface area (Å²) in [6.45, 7) is 51.1. The molecule has 0 aliphatic rings. The van der Waals surface area contributed by atoms with Crippen molar-refractivity contribution in [3.63, 3.8) is 0 Å². The first-order valence-corrected chi connectivity index (χ1v) is 19.1. The van der Waals surface area contributed by atoms with Gasteiger partial charge in [-0.1, -0.05) is 214 Å². The van der Waals surface area contributed by atoms with Crippen molar-refractivity contribution in [2.24, 2.45) is 47.3 Å². The summed E-state index contributed by atoms with van der Waals surface area (Å²) in [6, 6.07) is 0. The molecule has 2 atom stereocenters. The van der Waals surface area contributed by atoms with Gasteiger partial charge in [0, 0.05) is 0 Å². The Bertz CT molecular complexity index is 329. The smallest absolute Gasteiger partial charge is 0.0976 e. The van der Waals surface area contributed by atoms with Crippen LogP contribution in [0.4, 0.5) is 8.78 Å². The van der Waals surface area contributed by atoms with E-state index in [1.165, 1.54) is 38.5 Å². The predicted molar refractivity (Wildman–Crippen MR) is 238 cm³/mol. The Balaban J connectivity index is -0.0000000308. The second-order valence-corrected chi connectivity index (χ2v) is 16.1. The zero-order chi connectivity index (χ0) is 37.4. The van der Waals surface area contributed by atoms with E-state index >= 15 is 0 Å². The molecule has 0 aromatic carbocycles. The lowest BCUT2D eigenvalue weighted by Gasteiger charge is -2.05. The van der Waals surface area contributed by atoms with Crippen LogP contribution in [0.3, 0.4) is 0 Å². The summed E-state index contributed by atoms with van der Waals surface area (Å²) < 4.78 is 23.9. The molecule has 0 radical (unpaired) electrons.